The van der Waals surface area contributed by atoms with Crippen LogP contribution in [0, 0.1) is 0 Å². The van der Waals surface area contributed by atoms with Crippen molar-refractivity contribution in [2.75, 3.05) is 0 Å². The minimum atomic E-state index is -1.38. The maximum atomic E-state index is 12.5. The first-order valence-corrected chi connectivity index (χ1v) is 8.59. The highest BCUT2D eigenvalue weighted by atomic mass is 16.4. The molecule has 2 heterocycles. The zero-order chi connectivity index (χ0) is 21.4. The smallest absolute Gasteiger partial charge is 0.326 e. The minimum absolute atomic E-state index is 0.0944. The molecule has 0 spiro atoms. The summed E-state index contributed by atoms with van der Waals surface area (Å²) < 4.78 is 0. The van der Waals surface area contributed by atoms with Crippen molar-refractivity contribution in [3.8, 4) is 0 Å². The molecule has 29 heavy (non-hydrogen) atoms. The number of aromatic amines is 2. The summed E-state index contributed by atoms with van der Waals surface area (Å²) >= 11 is 0. The van der Waals surface area contributed by atoms with Gasteiger partial charge in [-0.05, 0) is 0 Å². The first-order valence-electron chi connectivity index (χ1n) is 8.59. The van der Waals surface area contributed by atoms with E-state index in [0.717, 1.165) is 0 Å². The van der Waals surface area contributed by atoms with Gasteiger partial charge in [0.1, 0.15) is 12.1 Å². The fourth-order valence-corrected chi connectivity index (χ4v) is 2.49. The number of carbonyl (C=O) groups is 4. The first-order chi connectivity index (χ1) is 13.8. The number of amides is 3. The van der Waals surface area contributed by atoms with Crippen LogP contribution in [0.25, 0.3) is 0 Å². The Morgan fingerprint density at radius 2 is 1.52 bits per heavy atom. The number of carbonyl (C=O) groups excluding carboxylic acids is 3. The van der Waals surface area contributed by atoms with Gasteiger partial charge in [0, 0.05) is 25.2 Å². The van der Waals surface area contributed by atoms with Gasteiger partial charge in [-0.15, -0.1) is 0 Å². The number of nitrogens with zero attached hydrogens (tertiary/aromatic N) is 2. The van der Waals surface area contributed by atoms with Gasteiger partial charge in [-0.25, -0.2) is 14.8 Å². The van der Waals surface area contributed by atoms with Crippen LogP contribution in [0.3, 0.4) is 0 Å². The Hall–Kier alpha value is -3.74. The number of carboxylic acid groups (broad SMARTS) is 1. The number of aliphatic carboxylic acids is 1. The Morgan fingerprint density at radius 3 is 2.00 bits per heavy atom. The van der Waals surface area contributed by atoms with Crippen LogP contribution in [0.15, 0.2) is 25.0 Å². The van der Waals surface area contributed by atoms with E-state index in [-0.39, 0.29) is 12.8 Å². The van der Waals surface area contributed by atoms with Gasteiger partial charge in [-0.2, -0.15) is 0 Å². The van der Waals surface area contributed by atoms with Gasteiger partial charge in [-0.3, -0.25) is 14.4 Å². The van der Waals surface area contributed by atoms with Crippen LogP contribution in [0.4, 0.5) is 0 Å². The molecule has 0 aliphatic rings. The van der Waals surface area contributed by atoms with E-state index in [2.05, 4.69) is 30.6 Å². The summed E-state index contributed by atoms with van der Waals surface area (Å²) in [5.74, 6) is -3.76. The van der Waals surface area contributed by atoms with Crippen molar-refractivity contribution in [1.29, 1.82) is 0 Å². The number of imidazole rings is 2. The van der Waals surface area contributed by atoms with Gasteiger partial charge in [0.25, 0.3) is 0 Å². The number of nitrogens with one attached hydrogen (secondary N) is 4. The number of aromatic nitrogens is 4. The van der Waals surface area contributed by atoms with Gasteiger partial charge in [0.2, 0.25) is 17.7 Å². The first kappa shape index (κ1) is 21.6. The number of hydrogen-bond donors (Lipinski definition) is 7. The lowest BCUT2D eigenvalue weighted by molar-refractivity contribution is -0.142. The quantitative estimate of drug-likeness (QED) is 0.205. The Morgan fingerprint density at radius 1 is 0.966 bits per heavy atom. The maximum Gasteiger partial charge on any atom is 0.326 e. The molecule has 0 aromatic carbocycles. The summed E-state index contributed by atoms with van der Waals surface area (Å²) in [4.78, 5) is 60.8. The second-order valence-corrected chi connectivity index (χ2v) is 6.27. The van der Waals surface area contributed by atoms with Gasteiger partial charge in [0.15, 0.2) is 0 Å². The van der Waals surface area contributed by atoms with Crippen molar-refractivity contribution in [1.82, 2.24) is 30.6 Å². The lowest BCUT2D eigenvalue weighted by atomic mass is 10.1. The molecule has 13 heteroatoms. The normalized spacial score (nSPS) is 13.8. The molecule has 0 fully saturated rings. The standard InChI is InChI=1S/C16H22N8O5/c17-10(1-8-4-19-6-21-8)14(26)23-11(3-13(18)25)15(27)24-12(16(28)29)2-9-5-20-7-22-9/h4-7,10-12H,1-3,17H2,(H2,18,25)(H,19,21)(H,20,22)(H,23,26)(H,24,27)(H,28,29)/t10-,11-,12-/m0/s1. The van der Waals surface area contributed by atoms with E-state index in [4.69, 9.17) is 11.5 Å². The Kier molecular flexibility index (Phi) is 7.42. The molecule has 9 N–H and O–H groups in total. The Balaban J connectivity index is 2.02. The molecule has 0 aliphatic heterocycles. The number of nitrogens with two attached hydrogens (primary N) is 2. The molecular formula is C16H22N8O5. The molecule has 0 saturated carbocycles. The van der Waals surface area contributed by atoms with E-state index in [1.165, 1.54) is 18.9 Å². The van der Waals surface area contributed by atoms with Crippen molar-refractivity contribution < 1.29 is 24.3 Å². The molecule has 0 unspecified atom stereocenters. The summed E-state index contributed by atoms with van der Waals surface area (Å²) in [6, 6.07) is -3.75. The average Bonchev–Trinajstić information content (AvgIpc) is 3.33. The van der Waals surface area contributed by atoms with Crippen LogP contribution in [-0.4, -0.2) is 66.9 Å². The molecule has 2 aromatic heterocycles. The molecule has 2 rings (SSSR count). The molecule has 0 bridgehead atoms. The predicted octanol–water partition coefficient (Wildman–Crippen LogP) is -2.83. The fourth-order valence-electron chi connectivity index (χ4n) is 2.49. The van der Waals surface area contributed by atoms with Crippen LogP contribution in [0.5, 0.6) is 0 Å². The highest BCUT2D eigenvalue weighted by Crippen LogP contribution is 2.02. The number of hydrogen-bond acceptors (Lipinski definition) is 7. The van der Waals surface area contributed by atoms with E-state index in [1.807, 2.05) is 0 Å². The number of primary amides is 1. The van der Waals surface area contributed by atoms with Crippen molar-refractivity contribution in [2.45, 2.75) is 37.4 Å². The van der Waals surface area contributed by atoms with Gasteiger partial charge in [0.05, 0.1) is 36.5 Å². The van der Waals surface area contributed by atoms with Crippen molar-refractivity contribution in [3.05, 3.63) is 36.4 Å². The predicted molar refractivity (Wildman–Crippen MR) is 97.9 cm³/mol. The Bertz CT molecular complexity index is 836. The summed E-state index contributed by atoms with van der Waals surface area (Å²) in [5, 5.41) is 13.9. The lowest BCUT2D eigenvalue weighted by Crippen LogP contribution is -2.56. The highest BCUT2D eigenvalue weighted by Gasteiger charge is 2.29. The minimum Gasteiger partial charge on any atom is -0.480 e. The molecule has 2 aromatic rings. The average molecular weight is 406 g/mol. The summed E-state index contributed by atoms with van der Waals surface area (Å²) in [5.41, 5.74) is 11.9. The summed E-state index contributed by atoms with van der Waals surface area (Å²) in [6.07, 6.45) is 5.31. The van der Waals surface area contributed by atoms with Crippen molar-refractivity contribution >= 4 is 23.7 Å². The number of rotatable bonds is 11. The number of H-pyrrole nitrogens is 2. The largest absolute Gasteiger partial charge is 0.480 e. The third-order valence-electron chi connectivity index (χ3n) is 3.94. The highest BCUT2D eigenvalue weighted by molar-refractivity contribution is 5.94. The van der Waals surface area contributed by atoms with Crippen LogP contribution >= 0.6 is 0 Å². The van der Waals surface area contributed by atoms with Gasteiger partial charge in [-0.1, -0.05) is 0 Å². The fraction of sp³-hybridized carbons (Fsp3) is 0.375. The lowest BCUT2D eigenvalue weighted by Gasteiger charge is -2.21. The van der Waals surface area contributed by atoms with Crippen LogP contribution in [-0.2, 0) is 32.0 Å². The zero-order valence-corrected chi connectivity index (χ0v) is 15.3. The van der Waals surface area contributed by atoms with Gasteiger partial charge < -0.3 is 37.2 Å². The third-order valence-corrected chi connectivity index (χ3v) is 3.94. The molecule has 156 valence electrons. The van der Waals surface area contributed by atoms with E-state index in [9.17, 15) is 24.3 Å². The van der Waals surface area contributed by atoms with E-state index in [0.29, 0.717) is 11.4 Å². The zero-order valence-electron chi connectivity index (χ0n) is 15.3. The number of carboxylic acids is 1. The molecule has 0 aliphatic carbocycles. The molecule has 0 radical (unpaired) electrons. The van der Waals surface area contributed by atoms with E-state index < -0.39 is 48.2 Å². The van der Waals surface area contributed by atoms with Crippen LogP contribution in [0.1, 0.15) is 17.8 Å². The third kappa shape index (κ3) is 6.73. The van der Waals surface area contributed by atoms with Gasteiger partial charge >= 0.3 is 5.97 Å². The Labute approximate surface area is 164 Å². The topological polar surface area (TPSA) is 222 Å². The second kappa shape index (κ2) is 9.98. The summed E-state index contributed by atoms with van der Waals surface area (Å²) in [7, 11) is 0. The van der Waals surface area contributed by atoms with Crippen LogP contribution < -0.4 is 22.1 Å². The molecular weight excluding hydrogens is 384 g/mol. The van der Waals surface area contributed by atoms with Crippen molar-refractivity contribution in [3.63, 3.8) is 0 Å². The summed E-state index contributed by atoms with van der Waals surface area (Å²) in [6.45, 7) is 0. The van der Waals surface area contributed by atoms with E-state index >= 15 is 0 Å². The molecule has 0 saturated heterocycles. The van der Waals surface area contributed by atoms with Crippen molar-refractivity contribution in [2.24, 2.45) is 11.5 Å². The SMILES string of the molecule is NC(=O)C[C@H](NC(=O)[C@@H](N)Cc1c[nH]cn1)C(=O)N[C@@H](Cc1c[nH]cn1)C(=O)O. The monoisotopic (exact) mass is 406 g/mol. The van der Waals surface area contributed by atoms with E-state index in [1.54, 1.807) is 6.20 Å². The van der Waals surface area contributed by atoms with Crippen LogP contribution in [0.2, 0.25) is 0 Å². The molecule has 3 atom stereocenters. The maximum absolute atomic E-state index is 12.5. The molecule has 13 nitrogen and oxygen atoms in total. The second-order valence-electron chi connectivity index (χ2n) is 6.27. The molecule has 3 amide bonds.